The lowest BCUT2D eigenvalue weighted by Gasteiger charge is -2.18. The fourth-order valence-electron chi connectivity index (χ4n) is 2.15. The van der Waals surface area contributed by atoms with Gasteiger partial charge in [0.1, 0.15) is 0 Å². The van der Waals surface area contributed by atoms with Crippen LogP contribution >= 0.6 is 11.3 Å². The predicted molar refractivity (Wildman–Crippen MR) is 86.5 cm³/mol. The van der Waals surface area contributed by atoms with E-state index in [1.807, 2.05) is 19.1 Å². The average molecular weight is 288 g/mol. The molecule has 0 saturated heterocycles. The Morgan fingerprint density at radius 2 is 2.15 bits per heavy atom. The van der Waals surface area contributed by atoms with Crippen molar-refractivity contribution < 1.29 is 4.79 Å². The maximum atomic E-state index is 11.1. The van der Waals surface area contributed by atoms with Crippen LogP contribution in [0, 0.1) is 6.92 Å². The van der Waals surface area contributed by atoms with E-state index >= 15 is 0 Å². The molecule has 1 amide bonds. The molecule has 1 aromatic carbocycles. The Morgan fingerprint density at radius 3 is 2.70 bits per heavy atom. The second-order valence-electron chi connectivity index (χ2n) is 4.83. The monoisotopic (exact) mass is 288 g/mol. The summed E-state index contributed by atoms with van der Waals surface area (Å²) in [4.78, 5) is 12.4. The molecule has 0 spiro atoms. The van der Waals surface area contributed by atoms with Gasteiger partial charge in [0.15, 0.2) is 0 Å². The first-order valence-corrected chi connectivity index (χ1v) is 7.66. The Labute approximate surface area is 124 Å². The van der Waals surface area contributed by atoms with Crippen molar-refractivity contribution in [3.8, 4) is 0 Å². The molecule has 2 aromatic rings. The molecule has 0 aliphatic heterocycles. The zero-order valence-electron chi connectivity index (χ0n) is 12.1. The van der Waals surface area contributed by atoms with Crippen LogP contribution in [0.15, 0.2) is 35.7 Å². The van der Waals surface area contributed by atoms with Gasteiger partial charge < -0.3 is 10.6 Å². The number of rotatable bonds is 5. The highest BCUT2D eigenvalue weighted by Crippen LogP contribution is 2.28. The second-order valence-corrected chi connectivity index (χ2v) is 5.81. The lowest BCUT2D eigenvalue weighted by atomic mass is 10.1. The van der Waals surface area contributed by atoms with Crippen LogP contribution in [0.3, 0.4) is 0 Å². The first-order valence-electron chi connectivity index (χ1n) is 6.78. The molecule has 1 atom stereocenters. The fourth-order valence-corrected chi connectivity index (χ4v) is 3.01. The SMILES string of the molecule is CCC(Nc1ccc(NC(C)=O)c(C)c1)c1cccs1. The van der Waals surface area contributed by atoms with Gasteiger partial charge >= 0.3 is 0 Å². The number of amides is 1. The van der Waals surface area contributed by atoms with E-state index < -0.39 is 0 Å². The van der Waals surface area contributed by atoms with E-state index in [1.54, 1.807) is 11.3 Å². The van der Waals surface area contributed by atoms with Crippen LogP contribution in [0.2, 0.25) is 0 Å². The Bertz CT molecular complexity index is 578. The fraction of sp³-hybridized carbons (Fsp3) is 0.312. The molecule has 2 rings (SSSR count). The zero-order valence-corrected chi connectivity index (χ0v) is 12.9. The van der Waals surface area contributed by atoms with Gasteiger partial charge in [0, 0.05) is 23.2 Å². The second kappa shape index (κ2) is 6.57. The summed E-state index contributed by atoms with van der Waals surface area (Å²) in [5.41, 5.74) is 3.01. The summed E-state index contributed by atoms with van der Waals surface area (Å²) in [6.45, 7) is 5.70. The standard InChI is InChI=1S/C16H20N2OS/c1-4-14(16-6-5-9-20-16)18-13-7-8-15(11(2)10-13)17-12(3)19/h5-10,14,18H,4H2,1-3H3,(H,17,19). The van der Waals surface area contributed by atoms with E-state index in [0.29, 0.717) is 6.04 Å². The van der Waals surface area contributed by atoms with Gasteiger partial charge in [0.2, 0.25) is 5.91 Å². The molecule has 0 radical (unpaired) electrons. The van der Waals surface area contributed by atoms with Crippen molar-refractivity contribution in [2.45, 2.75) is 33.2 Å². The minimum Gasteiger partial charge on any atom is -0.377 e. The Kier molecular flexibility index (Phi) is 4.79. The van der Waals surface area contributed by atoms with Crippen LogP contribution in [-0.4, -0.2) is 5.91 Å². The third kappa shape index (κ3) is 3.61. The van der Waals surface area contributed by atoms with Crippen LogP contribution < -0.4 is 10.6 Å². The molecular weight excluding hydrogens is 268 g/mol. The molecule has 1 unspecified atom stereocenters. The molecule has 0 aliphatic carbocycles. The Morgan fingerprint density at radius 1 is 1.35 bits per heavy atom. The van der Waals surface area contributed by atoms with Gasteiger partial charge in [-0.2, -0.15) is 0 Å². The van der Waals surface area contributed by atoms with Gasteiger partial charge in [0.05, 0.1) is 6.04 Å². The molecule has 4 heteroatoms. The number of hydrogen-bond acceptors (Lipinski definition) is 3. The van der Waals surface area contributed by atoms with Crippen molar-refractivity contribution in [3.05, 3.63) is 46.2 Å². The normalized spacial score (nSPS) is 11.9. The lowest BCUT2D eigenvalue weighted by Crippen LogP contribution is -2.10. The Balaban J connectivity index is 2.13. The smallest absolute Gasteiger partial charge is 0.221 e. The summed E-state index contributed by atoms with van der Waals surface area (Å²) in [5.74, 6) is -0.0428. The number of anilines is 2. The van der Waals surface area contributed by atoms with Crippen LogP contribution in [0.4, 0.5) is 11.4 Å². The van der Waals surface area contributed by atoms with Gasteiger partial charge in [-0.3, -0.25) is 4.79 Å². The number of carbonyl (C=O) groups is 1. The minimum absolute atomic E-state index is 0.0428. The maximum absolute atomic E-state index is 11.1. The number of benzene rings is 1. The van der Waals surface area contributed by atoms with Crippen molar-refractivity contribution in [2.75, 3.05) is 10.6 Å². The van der Waals surface area contributed by atoms with Gasteiger partial charge in [-0.1, -0.05) is 13.0 Å². The molecule has 0 saturated carbocycles. The van der Waals surface area contributed by atoms with E-state index in [4.69, 9.17) is 0 Å². The number of nitrogens with one attached hydrogen (secondary N) is 2. The first-order chi connectivity index (χ1) is 9.60. The quantitative estimate of drug-likeness (QED) is 0.845. The molecule has 106 valence electrons. The molecule has 1 heterocycles. The van der Waals surface area contributed by atoms with Crippen LogP contribution in [0.1, 0.15) is 36.8 Å². The lowest BCUT2D eigenvalue weighted by molar-refractivity contribution is -0.114. The van der Waals surface area contributed by atoms with E-state index in [0.717, 1.165) is 23.4 Å². The van der Waals surface area contributed by atoms with Crippen LogP contribution in [0.25, 0.3) is 0 Å². The molecule has 2 N–H and O–H groups in total. The largest absolute Gasteiger partial charge is 0.377 e. The van der Waals surface area contributed by atoms with Crippen LogP contribution in [-0.2, 0) is 4.79 Å². The van der Waals surface area contributed by atoms with Gasteiger partial charge in [-0.05, 0) is 48.6 Å². The van der Waals surface area contributed by atoms with Crippen LogP contribution in [0.5, 0.6) is 0 Å². The van der Waals surface area contributed by atoms with E-state index in [1.165, 1.54) is 11.8 Å². The first kappa shape index (κ1) is 14.6. The molecule has 0 fully saturated rings. The summed E-state index contributed by atoms with van der Waals surface area (Å²) < 4.78 is 0. The third-order valence-electron chi connectivity index (χ3n) is 3.17. The van der Waals surface area contributed by atoms with Gasteiger partial charge in [-0.25, -0.2) is 0 Å². The van der Waals surface area contributed by atoms with E-state index in [2.05, 4.69) is 41.1 Å². The van der Waals surface area contributed by atoms with Crippen molar-refractivity contribution in [1.29, 1.82) is 0 Å². The van der Waals surface area contributed by atoms with E-state index in [-0.39, 0.29) is 5.91 Å². The third-order valence-corrected chi connectivity index (χ3v) is 4.16. The number of carbonyl (C=O) groups excluding carboxylic acids is 1. The summed E-state index contributed by atoms with van der Waals surface area (Å²) in [6.07, 6.45) is 1.03. The molecule has 20 heavy (non-hydrogen) atoms. The van der Waals surface area contributed by atoms with Gasteiger partial charge in [0.25, 0.3) is 0 Å². The predicted octanol–water partition coefficient (Wildman–Crippen LogP) is 4.58. The summed E-state index contributed by atoms with van der Waals surface area (Å²) in [7, 11) is 0. The highest BCUT2D eigenvalue weighted by Gasteiger charge is 2.10. The molecule has 1 aromatic heterocycles. The summed E-state index contributed by atoms with van der Waals surface area (Å²) in [5, 5.41) is 8.48. The van der Waals surface area contributed by atoms with Crippen molar-refractivity contribution in [3.63, 3.8) is 0 Å². The zero-order chi connectivity index (χ0) is 14.5. The number of aryl methyl sites for hydroxylation is 1. The van der Waals surface area contributed by atoms with E-state index in [9.17, 15) is 4.79 Å². The molecule has 0 aliphatic rings. The van der Waals surface area contributed by atoms with Crippen molar-refractivity contribution in [2.24, 2.45) is 0 Å². The Hall–Kier alpha value is -1.81. The highest BCUT2D eigenvalue weighted by atomic mass is 32.1. The number of hydrogen-bond donors (Lipinski definition) is 2. The molecule has 3 nitrogen and oxygen atoms in total. The average Bonchev–Trinajstić information content (AvgIpc) is 2.92. The number of thiophene rings is 1. The topological polar surface area (TPSA) is 41.1 Å². The van der Waals surface area contributed by atoms with Crippen molar-refractivity contribution in [1.82, 2.24) is 0 Å². The molecule has 0 bridgehead atoms. The minimum atomic E-state index is -0.0428. The summed E-state index contributed by atoms with van der Waals surface area (Å²) >= 11 is 1.77. The van der Waals surface area contributed by atoms with Crippen molar-refractivity contribution >= 4 is 28.6 Å². The van der Waals surface area contributed by atoms with Gasteiger partial charge in [-0.15, -0.1) is 11.3 Å². The highest BCUT2D eigenvalue weighted by molar-refractivity contribution is 7.10. The summed E-state index contributed by atoms with van der Waals surface area (Å²) in [6, 6.07) is 10.6. The maximum Gasteiger partial charge on any atom is 0.221 e. The molecular formula is C16H20N2OS.